The van der Waals surface area contributed by atoms with E-state index in [0.29, 0.717) is 0 Å². The van der Waals surface area contributed by atoms with Crippen LogP contribution in [0.5, 0.6) is 0 Å². The summed E-state index contributed by atoms with van der Waals surface area (Å²) in [6.07, 6.45) is 4.03. The van der Waals surface area contributed by atoms with Crippen molar-refractivity contribution in [2.75, 3.05) is 57.2 Å². The number of methoxy groups -OCH3 is 1. The van der Waals surface area contributed by atoms with Gasteiger partial charge in [0.25, 0.3) is 0 Å². The van der Waals surface area contributed by atoms with Gasteiger partial charge in [-0.1, -0.05) is 36.4 Å². The zero-order valence-corrected chi connectivity index (χ0v) is 17.4. The molecule has 3 aromatic rings. The van der Waals surface area contributed by atoms with Crippen molar-refractivity contribution < 1.29 is 9.53 Å². The standard InChI is InChI=1S/C23H27N5O2/c1-27-10-12-28(13-11-27)22-15-20-18(14-21(22)24-23(29)16-30-2)19(25-26-20)9-8-17-6-4-3-5-7-17/h3-9,14-15H,10-13,16H2,1-2H3,(H,24,29)(H,25,26). The fourth-order valence-corrected chi connectivity index (χ4v) is 3.67. The third-order valence-electron chi connectivity index (χ3n) is 5.34. The molecule has 7 heteroatoms. The average Bonchev–Trinajstić information content (AvgIpc) is 3.15. The van der Waals surface area contributed by atoms with Crippen molar-refractivity contribution in [1.82, 2.24) is 15.1 Å². The van der Waals surface area contributed by atoms with Crippen molar-refractivity contribution in [3.8, 4) is 0 Å². The van der Waals surface area contributed by atoms with Gasteiger partial charge in [-0.05, 0) is 30.8 Å². The van der Waals surface area contributed by atoms with Gasteiger partial charge < -0.3 is 19.9 Å². The van der Waals surface area contributed by atoms with Gasteiger partial charge in [-0.15, -0.1) is 0 Å². The van der Waals surface area contributed by atoms with E-state index in [4.69, 9.17) is 4.74 Å². The Morgan fingerprint density at radius 2 is 1.93 bits per heavy atom. The number of benzene rings is 2. The first kappa shape index (κ1) is 20.1. The van der Waals surface area contributed by atoms with E-state index in [-0.39, 0.29) is 12.5 Å². The van der Waals surface area contributed by atoms with Gasteiger partial charge in [0.2, 0.25) is 5.91 Å². The van der Waals surface area contributed by atoms with Crippen LogP contribution in [-0.4, -0.2) is 67.9 Å². The molecule has 1 fully saturated rings. The highest BCUT2D eigenvalue weighted by molar-refractivity contribution is 6.01. The molecular formula is C23H27N5O2. The molecule has 1 amide bonds. The molecule has 2 aromatic carbocycles. The summed E-state index contributed by atoms with van der Waals surface area (Å²) in [6, 6.07) is 14.2. The number of ether oxygens (including phenoxy) is 1. The minimum absolute atomic E-state index is 0.0202. The Bertz CT molecular complexity index is 1040. The minimum atomic E-state index is -0.169. The molecule has 1 aromatic heterocycles. The molecule has 0 spiro atoms. The predicted octanol–water partition coefficient (Wildman–Crippen LogP) is 3.07. The second-order valence-electron chi connectivity index (χ2n) is 7.54. The Morgan fingerprint density at radius 1 is 1.17 bits per heavy atom. The fraction of sp³-hybridized carbons (Fsp3) is 0.304. The summed E-state index contributed by atoms with van der Waals surface area (Å²) in [5, 5.41) is 11.6. The van der Waals surface area contributed by atoms with Crippen LogP contribution in [-0.2, 0) is 9.53 Å². The topological polar surface area (TPSA) is 73.5 Å². The average molecular weight is 406 g/mol. The number of carbonyl (C=O) groups is 1. The third kappa shape index (κ3) is 4.53. The summed E-state index contributed by atoms with van der Waals surface area (Å²) in [4.78, 5) is 16.9. The van der Waals surface area contributed by atoms with Gasteiger partial charge in [-0.25, -0.2) is 0 Å². The SMILES string of the molecule is COCC(=O)Nc1cc2c(C=Cc3ccccc3)n[nH]c2cc1N1CCN(C)CC1. The lowest BCUT2D eigenvalue weighted by Gasteiger charge is -2.35. The Kier molecular flexibility index (Phi) is 6.11. The number of nitrogens with one attached hydrogen (secondary N) is 2. The van der Waals surface area contributed by atoms with E-state index in [2.05, 4.69) is 38.4 Å². The molecule has 156 valence electrons. The number of nitrogens with zero attached hydrogens (tertiary/aromatic N) is 3. The number of anilines is 2. The highest BCUT2D eigenvalue weighted by Crippen LogP contribution is 2.33. The van der Waals surface area contributed by atoms with Crippen molar-refractivity contribution >= 4 is 40.3 Å². The summed E-state index contributed by atoms with van der Waals surface area (Å²) in [7, 11) is 3.65. The van der Waals surface area contributed by atoms with Gasteiger partial charge in [-0.2, -0.15) is 5.10 Å². The lowest BCUT2D eigenvalue weighted by molar-refractivity contribution is -0.119. The zero-order valence-electron chi connectivity index (χ0n) is 17.4. The van der Waals surface area contributed by atoms with Crippen LogP contribution in [0.2, 0.25) is 0 Å². The van der Waals surface area contributed by atoms with E-state index in [0.717, 1.165) is 59.7 Å². The van der Waals surface area contributed by atoms with E-state index in [1.165, 1.54) is 7.11 Å². The van der Waals surface area contributed by atoms with Gasteiger partial charge >= 0.3 is 0 Å². The molecule has 30 heavy (non-hydrogen) atoms. The van der Waals surface area contributed by atoms with Crippen molar-refractivity contribution in [2.24, 2.45) is 0 Å². The van der Waals surface area contributed by atoms with Gasteiger partial charge in [-0.3, -0.25) is 9.89 Å². The van der Waals surface area contributed by atoms with Crippen molar-refractivity contribution in [2.45, 2.75) is 0 Å². The summed E-state index contributed by atoms with van der Waals surface area (Å²) < 4.78 is 5.00. The normalized spacial score (nSPS) is 15.2. The maximum absolute atomic E-state index is 12.3. The lowest BCUT2D eigenvalue weighted by Crippen LogP contribution is -2.44. The smallest absolute Gasteiger partial charge is 0.250 e. The van der Waals surface area contributed by atoms with Crippen LogP contribution in [0, 0.1) is 0 Å². The molecule has 1 aliphatic heterocycles. The first-order chi connectivity index (χ1) is 14.6. The summed E-state index contributed by atoms with van der Waals surface area (Å²) >= 11 is 0. The van der Waals surface area contributed by atoms with Crippen LogP contribution in [0.25, 0.3) is 23.1 Å². The highest BCUT2D eigenvalue weighted by Gasteiger charge is 2.20. The first-order valence-electron chi connectivity index (χ1n) is 10.1. The molecule has 0 atom stereocenters. The number of hydrogen-bond donors (Lipinski definition) is 2. The Labute approximate surface area is 176 Å². The van der Waals surface area contributed by atoms with Crippen LogP contribution >= 0.6 is 0 Å². The van der Waals surface area contributed by atoms with E-state index in [1.807, 2.05) is 48.6 Å². The Hall–Kier alpha value is -3.16. The van der Waals surface area contributed by atoms with Gasteiger partial charge in [0.05, 0.1) is 22.6 Å². The Balaban J connectivity index is 1.70. The number of fused-ring (bicyclic) bond motifs is 1. The number of aromatic amines is 1. The molecule has 0 saturated carbocycles. The van der Waals surface area contributed by atoms with Crippen molar-refractivity contribution in [3.63, 3.8) is 0 Å². The summed E-state index contributed by atoms with van der Waals surface area (Å²) in [5.74, 6) is -0.169. The van der Waals surface area contributed by atoms with Crippen LogP contribution in [0.4, 0.5) is 11.4 Å². The number of hydrogen-bond acceptors (Lipinski definition) is 5. The molecule has 0 aliphatic carbocycles. The minimum Gasteiger partial charge on any atom is -0.375 e. The predicted molar refractivity (Wildman–Crippen MR) is 122 cm³/mol. The molecule has 4 rings (SSSR count). The molecule has 0 unspecified atom stereocenters. The van der Waals surface area contributed by atoms with E-state index < -0.39 is 0 Å². The monoisotopic (exact) mass is 405 g/mol. The molecular weight excluding hydrogens is 378 g/mol. The van der Waals surface area contributed by atoms with E-state index in [1.54, 1.807) is 0 Å². The number of H-pyrrole nitrogens is 1. The van der Waals surface area contributed by atoms with Crippen LogP contribution in [0.1, 0.15) is 11.3 Å². The molecule has 1 aliphatic rings. The maximum atomic E-state index is 12.3. The molecule has 2 N–H and O–H groups in total. The number of amides is 1. The highest BCUT2D eigenvalue weighted by atomic mass is 16.5. The van der Waals surface area contributed by atoms with E-state index in [9.17, 15) is 4.79 Å². The quantitative estimate of drug-likeness (QED) is 0.659. The number of carbonyl (C=O) groups excluding carboxylic acids is 1. The number of aromatic nitrogens is 2. The van der Waals surface area contributed by atoms with Crippen LogP contribution in [0.3, 0.4) is 0 Å². The van der Waals surface area contributed by atoms with Gasteiger partial charge in [0.15, 0.2) is 0 Å². The van der Waals surface area contributed by atoms with Crippen molar-refractivity contribution in [1.29, 1.82) is 0 Å². The largest absolute Gasteiger partial charge is 0.375 e. The maximum Gasteiger partial charge on any atom is 0.250 e. The van der Waals surface area contributed by atoms with Gasteiger partial charge in [0.1, 0.15) is 6.61 Å². The zero-order chi connectivity index (χ0) is 20.9. The summed E-state index contributed by atoms with van der Waals surface area (Å²) in [5.41, 5.74) is 4.67. The van der Waals surface area contributed by atoms with Crippen molar-refractivity contribution in [3.05, 3.63) is 53.7 Å². The molecule has 0 bridgehead atoms. The lowest BCUT2D eigenvalue weighted by atomic mass is 10.1. The van der Waals surface area contributed by atoms with Gasteiger partial charge in [0, 0.05) is 38.7 Å². The second kappa shape index (κ2) is 9.11. The fourth-order valence-electron chi connectivity index (χ4n) is 3.67. The number of rotatable bonds is 6. The second-order valence-corrected chi connectivity index (χ2v) is 7.54. The first-order valence-corrected chi connectivity index (χ1v) is 10.1. The molecule has 0 radical (unpaired) electrons. The summed E-state index contributed by atoms with van der Waals surface area (Å²) in [6.45, 7) is 3.80. The molecule has 1 saturated heterocycles. The number of likely N-dealkylation sites (N-methyl/N-ethyl adjacent to an activating group) is 1. The van der Waals surface area contributed by atoms with Crippen LogP contribution < -0.4 is 10.2 Å². The number of piperazine rings is 1. The molecule has 2 heterocycles. The molecule has 7 nitrogen and oxygen atoms in total. The third-order valence-corrected chi connectivity index (χ3v) is 5.34. The van der Waals surface area contributed by atoms with Crippen LogP contribution in [0.15, 0.2) is 42.5 Å². The Morgan fingerprint density at radius 3 is 2.67 bits per heavy atom. The van der Waals surface area contributed by atoms with E-state index >= 15 is 0 Å².